The molecular formula is C22H25N3O2. The minimum atomic E-state index is -0.225. The van der Waals surface area contributed by atoms with Gasteiger partial charge in [0.2, 0.25) is 0 Å². The maximum atomic E-state index is 13.3. The van der Waals surface area contributed by atoms with E-state index in [0.717, 1.165) is 16.8 Å². The normalized spacial score (nSPS) is 11.2. The molecule has 140 valence electrons. The molecule has 0 aliphatic carbocycles. The molecule has 0 N–H and O–H groups in total. The quantitative estimate of drug-likeness (QED) is 0.705. The summed E-state index contributed by atoms with van der Waals surface area (Å²) >= 11 is 0. The maximum absolute atomic E-state index is 13.3. The summed E-state index contributed by atoms with van der Waals surface area (Å²) < 4.78 is 1.41. The fourth-order valence-corrected chi connectivity index (χ4v) is 3.21. The van der Waals surface area contributed by atoms with Gasteiger partial charge in [-0.1, -0.05) is 44.2 Å². The molecule has 0 bridgehead atoms. The van der Waals surface area contributed by atoms with Crippen molar-refractivity contribution in [3.05, 3.63) is 69.6 Å². The van der Waals surface area contributed by atoms with Crippen LogP contribution in [-0.4, -0.2) is 22.7 Å². The van der Waals surface area contributed by atoms with Crippen LogP contribution in [-0.2, 0) is 6.54 Å². The van der Waals surface area contributed by atoms with Crippen molar-refractivity contribution >= 4 is 22.4 Å². The molecule has 3 rings (SSSR count). The van der Waals surface area contributed by atoms with Crippen LogP contribution in [0.2, 0.25) is 0 Å². The van der Waals surface area contributed by atoms with E-state index >= 15 is 0 Å². The van der Waals surface area contributed by atoms with Crippen molar-refractivity contribution in [1.29, 1.82) is 0 Å². The Morgan fingerprint density at radius 1 is 1.11 bits per heavy atom. The molecular weight excluding hydrogens is 338 g/mol. The summed E-state index contributed by atoms with van der Waals surface area (Å²) in [5, 5.41) is 5.56. The van der Waals surface area contributed by atoms with Gasteiger partial charge in [0, 0.05) is 24.7 Å². The lowest BCUT2D eigenvalue weighted by molar-refractivity contribution is 0.0987. The number of aromatic nitrogens is 2. The zero-order valence-electron chi connectivity index (χ0n) is 16.5. The molecule has 0 aliphatic heterocycles. The fourth-order valence-electron chi connectivity index (χ4n) is 3.21. The van der Waals surface area contributed by atoms with Crippen LogP contribution in [0.5, 0.6) is 0 Å². The Kier molecular flexibility index (Phi) is 5.13. The van der Waals surface area contributed by atoms with Gasteiger partial charge in [-0.05, 0) is 43.0 Å². The molecule has 5 nitrogen and oxygen atoms in total. The number of carbonyl (C=O) groups excluding carboxylic acids is 1. The third kappa shape index (κ3) is 3.63. The first kappa shape index (κ1) is 18.8. The summed E-state index contributed by atoms with van der Waals surface area (Å²) in [4.78, 5) is 27.7. The van der Waals surface area contributed by atoms with Gasteiger partial charge in [0.25, 0.3) is 11.5 Å². The van der Waals surface area contributed by atoms with Crippen LogP contribution >= 0.6 is 0 Å². The van der Waals surface area contributed by atoms with Gasteiger partial charge in [-0.15, -0.1) is 0 Å². The van der Waals surface area contributed by atoms with Crippen molar-refractivity contribution in [3.8, 4) is 0 Å². The highest BCUT2D eigenvalue weighted by molar-refractivity contribution is 6.12. The average Bonchev–Trinajstić information content (AvgIpc) is 2.64. The highest BCUT2D eigenvalue weighted by Crippen LogP contribution is 2.23. The van der Waals surface area contributed by atoms with Gasteiger partial charge in [0.1, 0.15) is 0 Å². The first-order valence-electron chi connectivity index (χ1n) is 9.14. The second kappa shape index (κ2) is 7.35. The highest BCUT2D eigenvalue weighted by atomic mass is 16.2. The molecule has 0 unspecified atom stereocenters. The average molecular weight is 363 g/mol. The predicted octanol–water partition coefficient (Wildman–Crippen LogP) is 3.95. The van der Waals surface area contributed by atoms with Crippen LogP contribution in [0.25, 0.3) is 10.8 Å². The zero-order valence-corrected chi connectivity index (χ0v) is 16.5. The summed E-state index contributed by atoms with van der Waals surface area (Å²) in [5.74, 6) is 0.0217. The number of benzene rings is 2. The Morgan fingerprint density at radius 3 is 2.44 bits per heavy atom. The number of carbonyl (C=O) groups is 1. The van der Waals surface area contributed by atoms with Crippen LogP contribution in [0.1, 0.15) is 35.5 Å². The lowest BCUT2D eigenvalue weighted by Gasteiger charge is -2.21. The van der Waals surface area contributed by atoms with Crippen molar-refractivity contribution in [1.82, 2.24) is 9.78 Å². The minimum Gasteiger partial charge on any atom is -0.310 e. The molecule has 1 aromatic heterocycles. The number of nitrogens with zero attached hydrogens (tertiary/aromatic N) is 3. The standard InChI is InChI=1S/C22H25N3O2/c1-14(2)13-25-21(26)18-9-7-6-8-17(18)20(23-25)22(27)24(5)19-12-15(3)10-11-16(19)4/h6-12,14H,13H2,1-5H3. The molecule has 0 saturated carbocycles. The van der Waals surface area contributed by atoms with Crippen LogP contribution in [0.4, 0.5) is 5.69 Å². The third-order valence-electron chi connectivity index (χ3n) is 4.64. The topological polar surface area (TPSA) is 55.2 Å². The van der Waals surface area contributed by atoms with E-state index in [2.05, 4.69) is 5.10 Å². The van der Waals surface area contributed by atoms with E-state index in [4.69, 9.17) is 0 Å². The summed E-state index contributed by atoms with van der Waals surface area (Å²) in [7, 11) is 1.75. The molecule has 0 fully saturated rings. The van der Waals surface area contributed by atoms with Gasteiger partial charge < -0.3 is 4.90 Å². The number of amides is 1. The minimum absolute atomic E-state index is 0.162. The second-order valence-corrected chi connectivity index (χ2v) is 7.43. The van der Waals surface area contributed by atoms with Crippen LogP contribution in [0.15, 0.2) is 47.3 Å². The van der Waals surface area contributed by atoms with E-state index in [9.17, 15) is 9.59 Å². The van der Waals surface area contributed by atoms with Crippen molar-refractivity contribution in [2.45, 2.75) is 34.2 Å². The largest absolute Gasteiger partial charge is 0.310 e. The smallest absolute Gasteiger partial charge is 0.279 e. The Morgan fingerprint density at radius 2 is 1.78 bits per heavy atom. The summed E-state index contributed by atoms with van der Waals surface area (Å²) in [6.45, 7) is 8.48. The number of hydrogen-bond donors (Lipinski definition) is 0. The molecule has 5 heteroatoms. The molecule has 0 atom stereocenters. The molecule has 0 saturated heterocycles. The van der Waals surface area contributed by atoms with Crippen molar-refractivity contribution in [2.24, 2.45) is 5.92 Å². The highest BCUT2D eigenvalue weighted by Gasteiger charge is 2.22. The van der Waals surface area contributed by atoms with Crippen molar-refractivity contribution < 1.29 is 4.79 Å². The lowest BCUT2D eigenvalue weighted by Crippen LogP contribution is -2.33. The molecule has 2 aromatic carbocycles. The van der Waals surface area contributed by atoms with Gasteiger partial charge in [-0.3, -0.25) is 9.59 Å². The molecule has 0 spiro atoms. The maximum Gasteiger partial charge on any atom is 0.279 e. The first-order chi connectivity index (χ1) is 12.8. The molecule has 1 amide bonds. The summed E-state index contributed by atoms with van der Waals surface area (Å²) in [5.41, 5.74) is 3.07. The number of hydrogen-bond acceptors (Lipinski definition) is 3. The van der Waals surface area contributed by atoms with Gasteiger partial charge in [0.15, 0.2) is 5.69 Å². The Balaban J connectivity index is 2.17. The number of anilines is 1. The molecule has 0 radical (unpaired) electrons. The lowest BCUT2D eigenvalue weighted by atomic mass is 10.1. The summed E-state index contributed by atoms with van der Waals surface area (Å²) in [6, 6.07) is 13.2. The predicted molar refractivity (Wildman–Crippen MR) is 109 cm³/mol. The SMILES string of the molecule is Cc1ccc(C)c(N(C)C(=O)c2nn(CC(C)C)c(=O)c3ccccc23)c1. The van der Waals surface area contributed by atoms with E-state index in [1.54, 1.807) is 24.1 Å². The first-order valence-corrected chi connectivity index (χ1v) is 9.14. The fraction of sp³-hybridized carbons (Fsp3) is 0.318. The third-order valence-corrected chi connectivity index (χ3v) is 4.64. The van der Waals surface area contributed by atoms with E-state index in [-0.39, 0.29) is 17.4 Å². The van der Waals surface area contributed by atoms with Crippen LogP contribution in [0, 0.1) is 19.8 Å². The number of rotatable bonds is 4. The zero-order chi connectivity index (χ0) is 19.7. The molecule has 1 heterocycles. The Hall–Kier alpha value is -2.95. The van der Waals surface area contributed by atoms with Gasteiger partial charge >= 0.3 is 0 Å². The van der Waals surface area contributed by atoms with Gasteiger partial charge in [-0.2, -0.15) is 5.10 Å². The molecule has 27 heavy (non-hydrogen) atoms. The van der Waals surface area contributed by atoms with E-state index < -0.39 is 0 Å². The second-order valence-electron chi connectivity index (χ2n) is 7.43. The van der Waals surface area contributed by atoms with Gasteiger partial charge in [-0.25, -0.2) is 4.68 Å². The van der Waals surface area contributed by atoms with Gasteiger partial charge in [0.05, 0.1) is 5.39 Å². The van der Waals surface area contributed by atoms with E-state index in [1.807, 2.05) is 58.0 Å². The summed E-state index contributed by atoms with van der Waals surface area (Å²) in [6.07, 6.45) is 0. The van der Waals surface area contributed by atoms with E-state index in [1.165, 1.54) is 4.68 Å². The Bertz CT molecular complexity index is 1070. The monoisotopic (exact) mass is 363 g/mol. The van der Waals surface area contributed by atoms with Crippen molar-refractivity contribution in [3.63, 3.8) is 0 Å². The molecule has 3 aromatic rings. The van der Waals surface area contributed by atoms with Crippen LogP contribution in [0.3, 0.4) is 0 Å². The van der Waals surface area contributed by atoms with Crippen LogP contribution < -0.4 is 10.5 Å². The number of fused-ring (bicyclic) bond motifs is 1. The number of aryl methyl sites for hydroxylation is 2. The van der Waals surface area contributed by atoms with Crippen molar-refractivity contribution in [2.75, 3.05) is 11.9 Å². The molecule has 0 aliphatic rings. The Labute approximate surface area is 159 Å². The van der Waals surface area contributed by atoms with E-state index in [0.29, 0.717) is 23.0 Å².